The number of esters is 1. The van der Waals surface area contributed by atoms with Gasteiger partial charge in [-0.1, -0.05) is 16.7 Å². The molecule has 0 saturated heterocycles. The Morgan fingerprint density at radius 1 is 1.32 bits per heavy atom. The molecule has 0 aromatic heterocycles. The van der Waals surface area contributed by atoms with Crippen molar-refractivity contribution in [2.45, 2.75) is 13.8 Å². The zero-order chi connectivity index (χ0) is 16.3. The van der Waals surface area contributed by atoms with E-state index in [-0.39, 0.29) is 11.3 Å². The van der Waals surface area contributed by atoms with Crippen molar-refractivity contribution in [3.8, 4) is 0 Å². The molecule has 1 aromatic carbocycles. The summed E-state index contributed by atoms with van der Waals surface area (Å²) in [5, 5.41) is 3.69. The van der Waals surface area contributed by atoms with Crippen LogP contribution in [0.4, 0.5) is 5.69 Å². The molecule has 0 amide bonds. The summed E-state index contributed by atoms with van der Waals surface area (Å²) < 4.78 is 32.4. The van der Waals surface area contributed by atoms with E-state index in [1.165, 1.54) is 19.5 Å². The predicted octanol–water partition coefficient (Wildman–Crippen LogP) is 1.07. The summed E-state index contributed by atoms with van der Waals surface area (Å²) in [5.74, 6) is -0.617. The van der Waals surface area contributed by atoms with Gasteiger partial charge in [-0.2, -0.15) is 8.42 Å². The number of hydrazine groups is 1. The molecule has 1 aliphatic rings. The number of anilines is 1. The van der Waals surface area contributed by atoms with E-state index in [0.717, 1.165) is 0 Å². The number of carbonyl (C=O) groups excluding carboxylic acids is 1. The van der Waals surface area contributed by atoms with E-state index in [9.17, 15) is 13.2 Å². The van der Waals surface area contributed by atoms with Gasteiger partial charge in [0, 0.05) is 6.20 Å². The summed E-state index contributed by atoms with van der Waals surface area (Å²) in [5.41, 5.74) is 3.99. The highest BCUT2D eigenvalue weighted by Gasteiger charge is 2.25. The van der Waals surface area contributed by atoms with Crippen LogP contribution in [-0.4, -0.2) is 32.2 Å². The topological polar surface area (TPSA) is 100 Å². The first kappa shape index (κ1) is 15.8. The SMILES string of the molecule is COC(=O)c1c(C)ccc(C)c1NS(=O)(=O)N1N=CC=CN1. The number of hydrogen-bond donors (Lipinski definition) is 2. The van der Waals surface area contributed by atoms with Crippen LogP contribution in [0.1, 0.15) is 21.5 Å². The zero-order valence-corrected chi connectivity index (χ0v) is 13.1. The lowest BCUT2D eigenvalue weighted by molar-refractivity contribution is 0.0601. The van der Waals surface area contributed by atoms with E-state index < -0.39 is 16.2 Å². The fourth-order valence-electron chi connectivity index (χ4n) is 1.89. The van der Waals surface area contributed by atoms with Crippen LogP contribution in [0, 0.1) is 13.8 Å². The molecule has 9 heteroatoms. The van der Waals surface area contributed by atoms with Crippen molar-refractivity contribution in [3.63, 3.8) is 0 Å². The Kier molecular flexibility index (Phi) is 4.36. The van der Waals surface area contributed by atoms with Crippen LogP contribution in [0.25, 0.3) is 0 Å². The number of ether oxygens (including phenoxy) is 1. The number of nitrogens with one attached hydrogen (secondary N) is 2. The second-order valence-corrected chi connectivity index (χ2v) is 6.04. The Labute approximate surface area is 128 Å². The van der Waals surface area contributed by atoms with Gasteiger partial charge < -0.3 is 4.74 Å². The summed E-state index contributed by atoms with van der Waals surface area (Å²) in [6.45, 7) is 3.39. The number of aryl methyl sites for hydroxylation is 2. The van der Waals surface area contributed by atoms with E-state index in [2.05, 4.69) is 15.2 Å². The molecule has 0 bridgehead atoms. The third kappa shape index (κ3) is 3.03. The first-order valence-electron chi connectivity index (χ1n) is 6.33. The predicted molar refractivity (Wildman–Crippen MR) is 82.4 cm³/mol. The minimum atomic E-state index is -4.02. The molecular weight excluding hydrogens is 308 g/mol. The highest BCUT2D eigenvalue weighted by molar-refractivity contribution is 7.90. The standard InChI is InChI=1S/C13H16N4O4S/c1-9-5-6-10(2)12(11(9)13(18)21-3)16-22(19,20)17-14-7-4-8-15-17/h4-8,14,16H,1-3H3. The first-order chi connectivity index (χ1) is 10.4. The van der Waals surface area contributed by atoms with Crippen molar-refractivity contribution >= 4 is 28.1 Å². The molecule has 1 aromatic rings. The van der Waals surface area contributed by atoms with Crippen molar-refractivity contribution in [1.82, 2.24) is 9.95 Å². The first-order valence-corrected chi connectivity index (χ1v) is 7.77. The van der Waals surface area contributed by atoms with Crippen LogP contribution in [0.5, 0.6) is 0 Å². The molecule has 0 saturated carbocycles. The van der Waals surface area contributed by atoms with Crippen LogP contribution >= 0.6 is 0 Å². The Hall–Kier alpha value is -2.55. The van der Waals surface area contributed by atoms with Crippen molar-refractivity contribution < 1.29 is 17.9 Å². The number of hydrogen-bond acceptors (Lipinski definition) is 6. The van der Waals surface area contributed by atoms with Crippen LogP contribution in [0.2, 0.25) is 0 Å². The molecule has 1 heterocycles. The normalized spacial score (nSPS) is 13.7. The maximum atomic E-state index is 12.3. The number of rotatable bonds is 4. The molecule has 22 heavy (non-hydrogen) atoms. The number of methoxy groups -OCH3 is 1. The van der Waals surface area contributed by atoms with E-state index >= 15 is 0 Å². The summed E-state index contributed by atoms with van der Waals surface area (Å²) in [6.07, 6.45) is 4.28. The highest BCUT2D eigenvalue weighted by atomic mass is 32.2. The fraction of sp³-hybridized carbons (Fsp3) is 0.231. The van der Waals surface area contributed by atoms with Gasteiger partial charge in [0.05, 0.1) is 24.6 Å². The van der Waals surface area contributed by atoms with E-state index in [1.807, 2.05) is 0 Å². The molecular formula is C13H16N4O4S. The summed E-state index contributed by atoms with van der Waals surface area (Å²) >= 11 is 0. The van der Waals surface area contributed by atoms with E-state index in [0.29, 0.717) is 15.7 Å². The summed E-state index contributed by atoms with van der Waals surface area (Å²) in [4.78, 5) is 11.9. The molecule has 8 nitrogen and oxygen atoms in total. The van der Waals surface area contributed by atoms with Gasteiger partial charge in [-0.25, -0.2) is 4.79 Å². The van der Waals surface area contributed by atoms with Crippen LogP contribution in [-0.2, 0) is 14.9 Å². The molecule has 2 N–H and O–H groups in total. The molecule has 0 radical (unpaired) electrons. The average Bonchev–Trinajstić information content (AvgIpc) is 2.51. The van der Waals surface area contributed by atoms with Gasteiger partial charge >= 0.3 is 16.2 Å². The number of carbonyl (C=O) groups is 1. The number of benzene rings is 1. The number of hydrazone groups is 1. The Bertz CT molecular complexity index is 756. The van der Waals surface area contributed by atoms with Crippen molar-refractivity contribution in [1.29, 1.82) is 0 Å². The zero-order valence-electron chi connectivity index (χ0n) is 12.3. The third-order valence-corrected chi connectivity index (χ3v) is 4.13. The van der Waals surface area contributed by atoms with Gasteiger partial charge in [0.25, 0.3) is 0 Å². The van der Waals surface area contributed by atoms with Crippen molar-refractivity contribution in [2.24, 2.45) is 5.10 Å². The second kappa shape index (κ2) is 6.06. The average molecular weight is 324 g/mol. The van der Waals surface area contributed by atoms with Crippen LogP contribution in [0.3, 0.4) is 0 Å². The molecule has 2 rings (SSSR count). The van der Waals surface area contributed by atoms with Gasteiger partial charge in [0.15, 0.2) is 0 Å². The largest absolute Gasteiger partial charge is 0.465 e. The van der Waals surface area contributed by atoms with Gasteiger partial charge in [-0.15, -0.1) is 5.10 Å². The fourth-order valence-corrected chi connectivity index (χ4v) is 2.88. The molecule has 0 aliphatic carbocycles. The molecule has 118 valence electrons. The monoisotopic (exact) mass is 324 g/mol. The van der Waals surface area contributed by atoms with Crippen molar-refractivity contribution in [2.75, 3.05) is 11.8 Å². The smallest absolute Gasteiger partial charge is 0.357 e. The van der Waals surface area contributed by atoms with Crippen LogP contribution < -0.4 is 10.1 Å². The Balaban J connectivity index is 2.45. The summed E-state index contributed by atoms with van der Waals surface area (Å²) in [7, 11) is -2.78. The van der Waals surface area contributed by atoms with E-state index in [1.54, 1.807) is 32.1 Å². The van der Waals surface area contributed by atoms with Gasteiger partial charge in [0.2, 0.25) is 0 Å². The lowest BCUT2D eigenvalue weighted by Crippen LogP contribution is -2.41. The lowest BCUT2D eigenvalue weighted by Gasteiger charge is -2.22. The van der Waals surface area contributed by atoms with Gasteiger partial charge in [-0.3, -0.25) is 10.1 Å². The second-order valence-electron chi connectivity index (χ2n) is 4.54. The quantitative estimate of drug-likeness (QED) is 0.807. The molecule has 0 fully saturated rings. The minimum Gasteiger partial charge on any atom is -0.465 e. The highest BCUT2D eigenvalue weighted by Crippen LogP contribution is 2.26. The lowest BCUT2D eigenvalue weighted by atomic mass is 10.0. The maximum absolute atomic E-state index is 12.3. The van der Waals surface area contributed by atoms with E-state index in [4.69, 9.17) is 4.74 Å². The Morgan fingerprint density at radius 3 is 2.59 bits per heavy atom. The number of allylic oxidation sites excluding steroid dienone is 1. The molecule has 0 atom stereocenters. The summed E-state index contributed by atoms with van der Waals surface area (Å²) in [6, 6.07) is 3.44. The Morgan fingerprint density at radius 2 is 2.00 bits per heavy atom. The molecule has 0 spiro atoms. The molecule has 0 unspecified atom stereocenters. The minimum absolute atomic E-state index is 0.165. The van der Waals surface area contributed by atoms with Crippen LogP contribution in [0.15, 0.2) is 29.5 Å². The number of nitrogens with zero attached hydrogens (tertiary/aromatic N) is 2. The van der Waals surface area contributed by atoms with Crippen molar-refractivity contribution in [3.05, 3.63) is 41.1 Å². The maximum Gasteiger partial charge on any atom is 0.357 e. The molecule has 1 aliphatic heterocycles. The van der Waals surface area contributed by atoms with Gasteiger partial charge in [0.1, 0.15) is 0 Å². The van der Waals surface area contributed by atoms with Gasteiger partial charge in [-0.05, 0) is 31.1 Å². The third-order valence-electron chi connectivity index (χ3n) is 3.01.